The van der Waals surface area contributed by atoms with Gasteiger partial charge in [0, 0.05) is 18.3 Å². The van der Waals surface area contributed by atoms with Crippen LogP contribution in [0.15, 0.2) is 12.4 Å². The van der Waals surface area contributed by atoms with Crippen LogP contribution in [0.3, 0.4) is 0 Å². The fourth-order valence-electron chi connectivity index (χ4n) is 1.75. The molecule has 0 atom stereocenters. The van der Waals surface area contributed by atoms with E-state index >= 15 is 0 Å². The zero-order chi connectivity index (χ0) is 13.1. The number of aryl methyl sites for hydroxylation is 2. The molecule has 2 rings (SSSR count). The van der Waals surface area contributed by atoms with Crippen molar-refractivity contribution in [1.82, 2.24) is 19.5 Å². The molecule has 0 spiro atoms. The molecule has 96 valence electrons. The molecule has 0 amide bonds. The quantitative estimate of drug-likeness (QED) is 0.898. The summed E-state index contributed by atoms with van der Waals surface area (Å²) in [6, 6.07) is 1.96. The van der Waals surface area contributed by atoms with E-state index < -0.39 is 0 Å². The maximum atomic E-state index is 4.46. The van der Waals surface area contributed by atoms with Gasteiger partial charge in [0.15, 0.2) is 0 Å². The van der Waals surface area contributed by atoms with Gasteiger partial charge in [0.1, 0.15) is 23.8 Å². The van der Waals surface area contributed by atoms with Crippen molar-refractivity contribution in [1.29, 1.82) is 0 Å². The fourth-order valence-corrected chi connectivity index (χ4v) is 1.75. The summed E-state index contributed by atoms with van der Waals surface area (Å²) in [5.41, 5.74) is 2.13. The molecule has 5 nitrogen and oxygen atoms in total. The van der Waals surface area contributed by atoms with E-state index in [0.717, 1.165) is 41.8 Å². The second-order valence-corrected chi connectivity index (χ2v) is 4.37. The standard InChI is InChI=1S/C13H19N5/c1-5-6-14-12-7-13(17-11(4)16-12)18-8-15-9(2)10(18)3/h7-8H,5-6H2,1-4H3,(H,14,16,17). The number of imidazole rings is 1. The Balaban J connectivity index is 2.38. The van der Waals surface area contributed by atoms with E-state index in [1.54, 1.807) is 6.33 Å². The second kappa shape index (κ2) is 5.16. The molecular weight excluding hydrogens is 226 g/mol. The molecule has 0 aliphatic carbocycles. The van der Waals surface area contributed by atoms with Crippen LogP contribution in [0.25, 0.3) is 5.82 Å². The number of hydrogen-bond donors (Lipinski definition) is 1. The number of hydrogen-bond acceptors (Lipinski definition) is 4. The topological polar surface area (TPSA) is 55.6 Å². The van der Waals surface area contributed by atoms with Crippen LogP contribution in [0.2, 0.25) is 0 Å². The minimum absolute atomic E-state index is 0.761. The predicted octanol–water partition coefficient (Wildman–Crippen LogP) is 2.41. The summed E-state index contributed by atoms with van der Waals surface area (Å²) in [5.74, 6) is 2.49. The Kier molecular flexibility index (Phi) is 3.60. The van der Waals surface area contributed by atoms with Crippen molar-refractivity contribution in [2.75, 3.05) is 11.9 Å². The van der Waals surface area contributed by atoms with E-state index in [1.165, 1.54) is 0 Å². The van der Waals surface area contributed by atoms with Crippen molar-refractivity contribution in [3.63, 3.8) is 0 Å². The summed E-state index contributed by atoms with van der Waals surface area (Å²) in [6.45, 7) is 8.98. The van der Waals surface area contributed by atoms with Gasteiger partial charge in [0.2, 0.25) is 0 Å². The van der Waals surface area contributed by atoms with Gasteiger partial charge in [0.05, 0.1) is 5.69 Å². The van der Waals surface area contributed by atoms with Gasteiger partial charge in [-0.2, -0.15) is 0 Å². The summed E-state index contributed by atoms with van der Waals surface area (Å²) in [7, 11) is 0. The van der Waals surface area contributed by atoms with Gasteiger partial charge >= 0.3 is 0 Å². The van der Waals surface area contributed by atoms with Gasteiger partial charge in [-0.05, 0) is 27.2 Å². The highest BCUT2D eigenvalue weighted by molar-refractivity contribution is 5.42. The van der Waals surface area contributed by atoms with E-state index in [1.807, 2.05) is 31.4 Å². The first-order valence-electron chi connectivity index (χ1n) is 6.22. The normalized spacial score (nSPS) is 10.7. The smallest absolute Gasteiger partial charge is 0.143 e. The summed E-state index contributed by atoms with van der Waals surface area (Å²) >= 11 is 0. The van der Waals surface area contributed by atoms with Gasteiger partial charge in [-0.25, -0.2) is 15.0 Å². The molecule has 0 aliphatic rings. The van der Waals surface area contributed by atoms with Crippen LogP contribution in [0.5, 0.6) is 0 Å². The van der Waals surface area contributed by atoms with Gasteiger partial charge < -0.3 is 5.32 Å². The number of rotatable bonds is 4. The van der Waals surface area contributed by atoms with Gasteiger partial charge in [-0.3, -0.25) is 4.57 Å². The maximum Gasteiger partial charge on any atom is 0.143 e. The highest BCUT2D eigenvalue weighted by atomic mass is 15.1. The lowest BCUT2D eigenvalue weighted by molar-refractivity contribution is 0.900. The molecule has 0 fully saturated rings. The Morgan fingerprint density at radius 2 is 2.00 bits per heavy atom. The molecule has 2 heterocycles. The fraction of sp³-hybridized carbons (Fsp3) is 0.462. The van der Waals surface area contributed by atoms with Crippen molar-refractivity contribution in [2.45, 2.75) is 34.1 Å². The molecular formula is C13H19N5. The number of nitrogens with one attached hydrogen (secondary N) is 1. The van der Waals surface area contributed by atoms with E-state index in [4.69, 9.17) is 0 Å². The molecule has 18 heavy (non-hydrogen) atoms. The first-order chi connectivity index (χ1) is 8.61. The minimum atomic E-state index is 0.761. The predicted molar refractivity (Wildman–Crippen MR) is 72.1 cm³/mol. The van der Waals surface area contributed by atoms with E-state index in [9.17, 15) is 0 Å². The molecule has 2 aromatic heterocycles. The summed E-state index contributed by atoms with van der Waals surface area (Å²) in [6.07, 6.45) is 2.87. The Labute approximate surface area is 107 Å². The molecule has 0 bridgehead atoms. The molecule has 0 saturated carbocycles. The molecule has 1 N–H and O–H groups in total. The third-order valence-electron chi connectivity index (χ3n) is 2.88. The number of aromatic nitrogens is 4. The molecule has 0 saturated heterocycles. The van der Waals surface area contributed by atoms with Crippen LogP contribution in [0, 0.1) is 20.8 Å². The molecule has 0 radical (unpaired) electrons. The van der Waals surface area contributed by atoms with Crippen LogP contribution >= 0.6 is 0 Å². The minimum Gasteiger partial charge on any atom is -0.370 e. The lowest BCUT2D eigenvalue weighted by Gasteiger charge is -2.09. The monoisotopic (exact) mass is 245 g/mol. The third-order valence-corrected chi connectivity index (χ3v) is 2.88. The first-order valence-corrected chi connectivity index (χ1v) is 6.22. The van der Waals surface area contributed by atoms with Crippen LogP contribution in [-0.2, 0) is 0 Å². The number of anilines is 1. The second-order valence-electron chi connectivity index (χ2n) is 4.37. The van der Waals surface area contributed by atoms with Crippen molar-refractivity contribution in [3.8, 4) is 5.82 Å². The van der Waals surface area contributed by atoms with Crippen LogP contribution in [0.4, 0.5) is 5.82 Å². The molecule has 0 unspecified atom stereocenters. The highest BCUT2D eigenvalue weighted by Crippen LogP contribution is 2.15. The van der Waals surface area contributed by atoms with E-state index in [2.05, 4.69) is 27.2 Å². The third kappa shape index (κ3) is 2.50. The molecule has 2 aromatic rings. The Hall–Kier alpha value is -1.91. The Bertz CT molecular complexity index is 544. The average molecular weight is 245 g/mol. The van der Waals surface area contributed by atoms with Crippen molar-refractivity contribution >= 4 is 5.82 Å². The van der Waals surface area contributed by atoms with Gasteiger partial charge in [-0.15, -0.1) is 0 Å². The van der Waals surface area contributed by atoms with Crippen molar-refractivity contribution < 1.29 is 0 Å². The van der Waals surface area contributed by atoms with Crippen molar-refractivity contribution in [2.24, 2.45) is 0 Å². The van der Waals surface area contributed by atoms with E-state index in [0.29, 0.717) is 0 Å². The highest BCUT2D eigenvalue weighted by Gasteiger charge is 2.08. The molecule has 0 aliphatic heterocycles. The molecule has 5 heteroatoms. The lowest BCUT2D eigenvalue weighted by Crippen LogP contribution is -2.07. The zero-order valence-electron chi connectivity index (χ0n) is 11.4. The maximum absolute atomic E-state index is 4.46. The largest absolute Gasteiger partial charge is 0.370 e. The van der Waals surface area contributed by atoms with Crippen LogP contribution in [0.1, 0.15) is 30.6 Å². The van der Waals surface area contributed by atoms with Gasteiger partial charge in [-0.1, -0.05) is 6.92 Å². The van der Waals surface area contributed by atoms with Crippen LogP contribution < -0.4 is 5.32 Å². The van der Waals surface area contributed by atoms with Crippen molar-refractivity contribution in [3.05, 3.63) is 29.6 Å². The van der Waals surface area contributed by atoms with E-state index in [-0.39, 0.29) is 0 Å². The summed E-state index contributed by atoms with van der Waals surface area (Å²) < 4.78 is 1.99. The SMILES string of the molecule is CCCNc1cc(-n2cnc(C)c2C)nc(C)n1. The number of nitrogens with zero attached hydrogens (tertiary/aromatic N) is 4. The van der Waals surface area contributed by atoms with Crippen LogP contribution in [-0.4, -0.2) is 26.1 Å². The molecule has 0 aromatic carbocycles. The average Bonchev–Trinajstić information content (AvgIpc) is 2.67. The Morgan fingerprint density at radius 1 is 1.22 bits per heavy atom. The summed E-state index contributed by atoms with van der Waals surface area (Å²) in [4.78, 5) is 13.1. The lowest BCUT2D eigenvalue weighted by atomic mass is 10.3. The Morgan fingerprint density at radius 3 is 2.61 bits per heavy atom. The zero-order valence-corrected chi connectivity index (χ0v) is 11.4. The first kappa shape index (κ1) is 12.5. The summed E-state index contributed by atoms with van der Waals surface area (Å²) in [5, 5.41) is 3.29. The van der Waals surface area contributed by atoms with Gasteiger partial charge in [0.25, 0.3) is 0 Å².